The van der Waals surface area contributed by atoms with Gasteiger partial charge in [-0.25, -0.2) is 13.2 Å². The fourth-order valence-electron chi connectivity index (χ4n) is 1.65. The first-order valence-corrected chi connectivity index (χ1v) is 6.35. The molecule has 0 aliphatic carbocycles. The Labute approximate surface area is 120 Å². The normalized spacial score (nSPS) is 12.5. The molecule has 1 atom stereocenters. The van der Waals surface area contributed by atoms with Crippen LogP contribution in [0.1, 0.15) is 17.2 Å². The van der Waals surface area contributed by atoms with E-state index in [0.717, 1.165) is 12.1 Å². The van der Waals surface area contributed by atoms with Crippen LogP contribution in [0.5, 0.6) is 0 Å². The Morgan fingerprint density at radius 3 is 2.32 bits per heavy atom. The van der Waals surface area contributed by atoms with Crippen LogP contribution in [0.25, 0.3) is 0 Å². The molecule has 2 rings (SSSR count). The lowest BCUT2D eigenvalue weighted by Crippen LogP contribution is -2.04. The molecule has 0 saturated heterocycles. The van der Waals surface area contributed by atoms with Crippen LogP contribution in [0.4, 0.5) is 13.2 Å². The first-order chi connectivity index (χ1) is 8.91. The highest BCUT2D eigenvalue weighted by Crippen LogP contribution is 2.34. The Morgan fingerprint density at radius 2 is 1.63 bits per heavy atom. The van der Waals surface area contributed by atoms with Crippen LogP contribution in [0.15, 0.2) is 34.8 Å². The van der Waals surface area contributed by atoms with Crippen molar-refractivity contribution in [3.05, 3.63) is 68.4 Å². The zero-order valence-electron chi connectivity index (χ0n) is 9.30. The van der Waals surface area contributed by atoms with Gasteiger partial charge in [0.15, 0.2) is 11.6 Å². The van der Waals surface area contributed by atoms with Gasteiger partial charge in [0.2, 0.25) is 0 Å². The second kappa shape index (κ2) is 5.53. The number of aliphatic hydroxyl groups excluding tert-OH is 1. The zero-order valence-corrected chi connectivity index (χ0v) is 11.6. The fraction of sp³-hybridized carbons (Fsp3) is 0.0769. The molecule has 0 bridgehead atoms. The van der Waals surface area contributed by atoms with Crippen molar-refractivity contribution in [3.8, 4) is 0 Å². The molecule has 2 aromatic rings. The summed E-state index contributed by atoms with van der Waals surface area (Å²) in [5.41, 5.74) is 0.139. The predicted octanol–water partition coefficient (Wildman–Crippen LogP) is 4.60. The van der Waals surface area contributed by atoms with Crippen LogP contribution in [0.3, 0.4) is 0 Å². The summed E-state index contributed by atoms with van der Waals surface area (Å²) in [5.74, 6) is -2.82. The van der Waals surface area contributed by atoms with E-state index in [-0.39, 0.29) is 20.6 Å². The molecule has 1 unspecified atom stereocenters. The van der Waals surface area contributed by atoms with Gasteiger partial charge in [-0.3, -0.25) is 0 Å². The zero-order chi connectivity index (χ0) is 14.2. The van der Waals surface area contributed by atoms with Gasteiger partial charge in [-0.05, 0) is 34.1 Å². The number of halogens is 5. The van der Waals surface area contributed by atoms with Gasteiger partial charge in [0, 0.05) is 16.1 Å². The summed E-state index contributed by atoms with van der Waals surface area (Å²) in [6, 6.07) is 5.61. The van der Waals surface area contributed by atoms with Gasteiger partial charge >= 0.3 is 0 Å². The van der Waals surface area contributed by atoms with Gasteiger partial charge in [0.05, 0.1) is 4.47 Å². The number of hydrogen-bond acceptors (Lipinski definition) is 1. The fourth-order valence-corrected chi connectivity index (χ4v) is 2.38. The lowest BCUT2D eigenvalue weighted by molar-refractivity contribution is 0.218. The van der Waals surface area contributed by atoms with Crippen molar-refractivity contribution in [1.29, 1.82) is 0 Å². The summed E-state index contributed by atoms with van der Waals surface area (Å²) >= 11 is 8.75. The van der Waals surface area contributed by atoms with Crippen LogP contribution < -0.4 is 0 Å². The monoisotopic (exact) mass is 350 g/mol. The molecular formula is C13H7BrClF3O. The van der Waals surface area contributed by atoms with Crippen molar-refractivity contribution in [2.75, 3.05) is 0 Å². The third-order valence-corrected chi connectivity index (χ3v) is 3.77. The molecule has 1 nitrogen and oxygen atoms in total. The molecule has 1 N–H and O–H groups in total. The minimum atomic E-state index is -1.37. The Morgan fingerprint density at radius 1 is 1.00 bits per heavy atom. The lowest BCUT2D eigenvalue weighted by Gasteiger charge is -2.15. The first kappa shape index (κ1) is 14.4. The van der Waals surface area contributed by atoms with E-state index in [4.69, 9.17) is 11.6 Å². The molecule has 6 heteroatoms. The van der Waals surface area contributed by atoms with Gasteiger partial charge in [-0.2, -0.15) is 0 Å². The minimum Gasteiger partial charge on any atom is -0.384 e. The minimum absolute atomic E-state index is 0.0353. The van der Waals surface area contributed by atoms with Crippen LogP contribution in [-0.2, 0) is 0 Å². The highest BCUT2D eigenvalue weighted by molar-refractivity contribution is 9.10. The van der Waals surface area contributed by atoms with Crippen molar-refractivity contribution in [3.63, 3.8) is 0 Å². The molecule has 0 aliphatic rings. The number of hydrogen-bond donors (Lipinski definition) is 1. The highest BCUT2D eigenvalue weighted by Gasteiger charge is 2.20. The predicted molar refractivity (Wildman–Crippen MR) is 69.5 cm³/mol. The third-order valence-electron chi connectivity index (χ3n) is 2.61. The standard InChI is InChI=1S/C13H7BrClF3O/c14-12-6(2-1-3-9(12)16)13(19)7-4-10(17)11(18)5-8(7)15/h1-5,13,19H. The Hall–Kier alpha value is -1.04. The van der Waals surface area contributed by atoms with E-state index in [1.54, 1.807) is 0 Å². The van der Waals surface area contributed by atoms with Crippen molar-refractivity contribution in [1.82, 2.24) is 0 Å². The van der Waals surface area contributed by atoms with E-state index in [0.29, 0.717) is 0 Å². The average Bonchev–Trinajstić information content (AvgIpc) is 2.36. The largest absolute Gasteiger partial charge is 0.384 e. The molecule has 100 valence electrons. The third kappa shape index (κ3) is 2.78. The lowest BCUT2D eigenvalue weighted by atomic mass is 10.0. The summed E-state index contributed by atoms with van der Waals surface area (Å²) in [4.78, 5) is 0. The number of aliphatic hydroxyl groups is 1. The van der Waals surface area contributed by atoms with E-state index in [1.807, 2.05) is 0 Å². The summed E-state index contributed by atoms with van der Waals surface area (Å²) in [6.45, 7) is 0. The molecule has 0 aromatic heterocycles. The molecule has 0 amide bonds. The molecule has 0 aliphatic heterocycles. The second-order valence-electron chi connectivity index (χ2n) is 3.83. The molecular weight excluding hydrogens is 344 g/mol. The van der Waals surface area contributed by atoms with Crippen LogP contribution in [-0.4, -0.2) is 5.11 Å². The molecule has 19 heavy (non-hydrogen) atoms. The van der Waals surface area contributed by atoms with Crippen LogP contribution in [0, 0.1) is 17.5 Å². The van der Waals surface area contributed by atoms with Gasteiger partial charge in [0.1, 0.15) is 11.9 Å². The molecule has 0 heterocycles. The quantitative estimate of drug-likeness (QED) is 0.784. The van der Waals surface area contributed by atoms with Gasteiger partial charge in [-0.1, -0.05) is 23.7 Å². The van der Waals surface area contributed by atoms with E-state index in [2.05, 4.69) is 15.9 Å². The summed E-state index contributed by atoms with van der Waals surface area (Å²) < 4.78 is 39.6. The topological polar surface area (TPSA) is 20.2 Å². The maximum absolute atomic E-state index is 13.4. The summed E-state index contributed by atoms with van der Waals surface area (Å²) in [5, 5.41) is 9.99. The Balaban J connectivity index is 2.53. The van der Waals surface area contributed by atoms with Gasteiger partial charge < -0.3 is 5.11 Å². The number of benzene rings is 2. The first-order valence-electron chi connectivity index (χ1n) is 5.18. The van der Waals surface area contributed by atoms with E-state index >= 15 is 0 Å². The second-order valence-corrected chi connectivity index (χ2v) is 5.03. The van der Waals surface area contributed by atoms with Crippen molar-refractivity contribution in [2.45, 2.75) is 6.10 Å². The van der Waals surface area contributed by atoms with Crippen LogP contribution >= 0.6 is 27.5 Å². The molecule has 0 fully saturated rings. The summed E-state index contributed by atoms with van der Waals surface area (Å²) in [7, 11) is 0. The SMILES string of the molecule is OC(c1cc(F)c(F)cc1Cl)c1cccc(F)c1Br. The molecule has 2 aromatic carbocycles. The van der Waals surface area contributed by atoms with Crippen LogP contribution in [0.2, 0.25) is 5.02 Å². The average molecular weight is 352 g/mol. The van der Waals surface area contributed by atoms with Crippen molar-refractivity contribution >= 4 is 27.5 Å². The maximum Gasteiger partial charge on any atom is 0.160 e. The Bertz CT molecular complexity index is 634. The Kier molecular flexibility index (Phi) is 4.18. The van der Waals surface area contributed by atoms with E-state index in [9.17, 15) is 18.3 Å². The molecule has 0 radical (unpaired) electrons. The van der Waals surface area contributed by atoms with E-state index < -0.39 is 23.6 Å². The smallest absolute Gasteiger partial charge is 0.160 e. The number of rotatable bonds is 2. The highest BCUT2D eigenvalue weighted by atomic mass is 79.9. The van der Waals surface area contributed by atoms with Gasteiger partial charge in [-0.15, -0.1) is 0 Å². The van der Waals surface area contributed by atoms with Crippen molar-refractivity contribution < 1.29 is 18.3 Å². The van der Waals surface area contributed by atoms with Crippen molar-refractivity contribution in [2.24, 2.45) is 0 Å². The van der Waals surface area contributed by atoms with Gasteiger partial charge in [0.25, 0.3) is 0 Å². The molecule has 0 spiro atoms. The molecule has 0 saturated carbocycles. The maximum atomic E-state index is 13.4. The van der Waals surface area contributed by atoms with E-state index in [1.165, 1.54) is 18.2 Å². The summed E-state index contributed by atoms with van der Waals surface area (Å²) in [6.07, 6.45) is -1.37.